The first-order chi connectivity index (χ1) is 5.86. The highest BCUT2D eigenvalue weighted by molar-refractivity contribution is 5.19. The van der Waals surface area contributed by atoms with E-state index in [9.17, 15) is 5.11 Å². The summed E-state index contributed by atoms with van der Waals surface area (Å²) in [6.45, 7) is 0. The van der Waals surface area contributed by atoms with Crippen LogP contribution in [0.2, 0.25) is 0 Å². The molecule has 0 aliphatic heterocycles. The second-order valence-corrected chi connectivity index (χ2v) is 4.16. The van der Waals surface area contributed by atoms with E-state index in [0.29, 0.717) is 0 Å². The van der Waals surface area contributed by atoms with Crippen molar-refractivity contribution in [2.75, 3.05) is 0 Å². The van der Waals surface area contributed by atoms with Crippen molar-refractivity contribution in [3.8, 4) is 0 Å². The van der Waals surface area contributed by atoms with Gasteiger partial charge in [-0.25, -0.2) is 0 Å². The summed E-state index contributed by atoms with van der Waals surface area (Å²) in [6, 6.07) is 0. The quantitative estimate of drug-likeness (QED) is 0.549. The third-order valence-corrected chi connectivity index (χ3v) is 3.21. The molecule has 0 radical (unpaired) electrons. The SMILES string of the molecule is OC1CCCC2=C(CCCC2)C1. The van der Waals surface area contributed by atoms with Gasteiger partial charge in [-0.15, -0.1) is 0 Å². The molecule has 1 N–H and O–H groups in total. The molecule has 0 aromatic rings. The molecular formula is C11H18O. The number of allylic oxidation sites excluding steroid dienone is 1. The van der Waals surface area contributed by atoms with Crippen LogP contribution < -0.4 is 0 Å². The molecule has 0 bridgehead atoms. The van der Waals surface area contributed by atoms with Gasteiger partial charge in [-0.05, 0) is 51.4 Å². The lowest BCUT2D eigenvalue weighted by molar-refractivity contribution is 0.164. The molecular weight excluding hydrogens is 148 g/mol. The zero-order valence-electron chi connectivity index (χ0n) is 7.68. The fraction of sp³-hybridized carbons (Fsp3) is 0.818. The molecule has 1 unspecified atom stereocenters. The van der Waals surface area contributed by atoms with Gasteiger partial charge in [0.2, 0.25) is 0 Å². The summed E-state index contributed by atoms with van der Waals surface area (Å²) in [7, 11) is 0. The zero-order valence-corrected chi connectivity index (χ0v) is 7.68. The largest absolute Gasteiger partial charge is 0.393 e. The Bertz CT molecular complexity index is 193. The molecule has 0 saturated heterocycles. The molecule has 0 heterocycles. The molecule has 2 rings (SSSR count). The van der Waals surface area contributed by atoms with Crippen LogP contribution in [0.5, 0.6) is 0 Å². The third kappa shape index (κ3) is 1.71. The van der Waals surface area contributed by atoms with Crippen molar-refractivity contribution in [3.63, 3.8) is 0 Å². The van der Waals surface area contributed by atoms with E-state index in [1.807, 2.05) is 0 Å². The Morgan fingerprint density at radius 2 is 1.58 bits per heavy atom. The van der Waals surface area contributed by atoms with E-state index in [4.69, 9.17) is 0 Å². The first kappa shape index (κ1) is 8.31. The van der Waals surface area contributed by atoms with E-state index >= 15 is 0 Å². The number of aliphatic hydroxyl groups is 1. The van der Waals surface area contributed by atoms with Crippen molar-refractivity contribution in [2.45, 2.75) is 57.5 Å². The summed E-state index contributed by atoms with van der Waals surface area (Å²) < 4.78 is 0. The van der Waals surface area contributed by atoms with Crippen LogP contribution in [0, 0.1) is 0 Å². The number of rotatable bonds is 0. The molecule has 12 heavy (non-hydrogen) atoms. The standard InChI is InChI=1S/C11H18O/c12-11-7-3-6-9-4-1-2-5-10(9)8-11/h11-12H,1-8H2. The Morgan fingerprint density at radius 3 is 2.42 bits per heavy atom. The second kappa shape index (κ2) is 3.61. The second-order valence-electron chi connectivity index (χ2n) is 4.16. The first-order valence-corrected chi connectivity index (χ1v) is 5.24. The van der Waals surface area contributed by atoms with Crippen molar-refractivity contribution >= 4 is 0 Å². The topological polar surface area (TPSA) is 20.2 Å². The van der Waals surface area contributed by atoms with Gasteiger partial charge in [0, 0.05) is 0 Å². The van der Waals surface area contributed by atoms with Crippen LogP contribution in [-0.2, 0) is 0 Å². The van der Waals surface area contributed by atoms with Gasteiger partial charge in [-0.1, -0.05) is 11.1 Å². The molecule has 0 aromatic heterocycles. The van der Waals surface area contributed by atoms with Crippen LogP contribution in [0.15, 0.2) is 11.1 Å². The van der Waals surface area contributed by atoms with Gasteiger partial charge in [0.1, 0.15) is 0 Å². The maximum absolute atomic E-state index is 9.59. The minimum absolute atomic E-state index is 0.0319. The summed E-state index contributed by atoms with van der Waals surface area (Å²) in [5.41, 5.74) is 3.30. The van der Waals surface area contributed by atoms with Crippen LogP contribution >= 0.6 is 0 Å². The molecule has 0 amide bonds. The monoisotopic (exact) mass is 166 g/mol. The predicted molar refractivity (Wildman–Crippen MR) is 50.0 cm³/mol. The highest BCUT2D eigenvalue weighted by atomic mass is 16.3. The Kier molecular flexibility index (Phi) is 2.50. The lowest BCUT2D eigenvalue weighted by Crippen LogP contribution is -2.07. The molecule has 0 fully saturated rings. The summed E-state index contributed by atoms with van der Waals surface area (Å²) >= 11 is 0. The first-order valence-electron chi connectivity index (χ1n) is 5.24. The molecule has 0 spiro atoms. The molecule has 2 aliphatic carbocycles. The van der Waals surface area contributed by atoms with Crippen molar-refractivity contribution in [2.24, 2.45) is 0 Å². The average Bonchev–Trinajstić information content (AvgIpc) is 2.25. The van der Waals surface area contributed by atoms with Crippen LogP contribution in [0.25, 0.3) is 0 Å². The average molecular weight is 166 g/mol. The van der Waals surface area contributed by atoms with Crippen LogP contribution in [0.1, 0.15) is 51.4 Å². The van der Waals surface area contributed by atoms with E-state index in [0.717, 1.165) is 12.8 Å². The molecule has 0 aromatic carbocycles. The van der Waals surface area contributed by atoms with Gasteiger partial charge in [0.25, 0.3) is 0 Å². The molecule has 1 heteroatoms. The lowest BCUT2D eigenvalue weighted by Gasteiger charge is -2.18. The Balaban J connectivity index is 2.12. The van der Waals surface area contributed by atoms with Crippen molar-refractivity contribution in [1.82, 2.24) is 0 Å². The highest BCUT2D eigenvalue weighted by Gasteiger charge is 2.18. The van der Waals surface area contributed by atoms with Gasteiger partial charge in [-0.2, -0.15) is 0 Å². The lowest BCUT2D eigenvalue weighted by atomic mass is 9.89. The minimum Gasteiger partial charge on any atom is -0.393 e. The third-order valence-electron chi connectivity index (χ3n) is 3.21. The summed E-state index contributed by atoms with van der Waals surface area (Å²) in [5.74, 6) is 0. The normalized spacial score (nSPS) is 31.2. The van der Waals surface area contributed by atoms with Crippen molar-refractivity contribution in [1.29, 1.82) is 0 Å². The molecule has 2 aliphatic rings. The summed E-state index contributed by atoms with van der Waals surface area (Å²) in [4.78, 5) is 0. The molecule has 1 nitrogen and oxygen atoms in total. The number of hydrogen-bond acceptors (Lipinski definition) is 1. The van der Waals surface area contributed by atoms with E-state index in [1.54, 1.807) is 11.1 Å². The smallest absolute Gasteiger partial charge is 0.0577 e. The highest BCUT2D eigenvalue weighted by Crippen LogP contribution is 2.34. The van der Waals surface area contributed by atoms with Gasteiger partial charge in [0.05, 0.1) is 6.10 Å². The maximum Gasteiger partial charge on any atom is 0.0577 e. The maximum atomic E-state index is 9.59. The fourth-order valence-electron chi connectivity index (χ4n) is 2.52. The Hall–Kier alpha value is -0.300. The van der Waals surface area contributed by atoms with E-state index in [1.165, 1.54) is 38.5 Å². The van der Waals surface area contributed by atoms with Crippen molar-refractivity contribution in [3.05, 3.63) is 11.1 Å². The van der Waals surface area contributed by atoms with E-state index < -0.39 is 0 Å². The summed E-state index contributed by atoms with van der Waals surface area (Å²) in [5, 5.41) is 9.59. The van der Waals surface area contributed by atoms with Crippen LogP contribution in [0.3, 0.4) is 0 Å². The van der Waals surface area contributed by atoms with E-state index in [-0.39, 0.29) is 6.10 Å². The van der Waals surface area contributed by atoms with Crippen LogP contribution in [0.4, 0.5) is 0 Å². The van der Waals surface area contributed by atoms with Crippen LogP contribution in [-0.4, -0.2) is 11.2 Å². The van der Waals surface area contributed by atoms with Gasteiger partial charge in [-0.3, -0.25) is 0 Å². The number of hydrogen-bond donors (Lipinski definition) is 1. The summed E-state index contributed by atoms with van der Waals surface area (Å²) in [6.07, 6.45) is 9.78. The Morgan fingerprint density at radius 1 is 0.917 bits per heavy atom. The fourth-order valence-corrected chi connectivity index (χ4v) is 2.52. The zero-order chi connectivity index (χ0) is 8.39. The van der Waals surface area contributed by atoms with Gasteiger partial charge < -0.3 is 5.11 Å². The molecule has 0 saturated carbocycles. The molecule has 68 valence electrons. The van der Waals surface area contributed by atoms with E-state index in [2.05, 4.69) is 0 Å². The minimum atomic E-state index is -0.0319. The Labute approximate surface area is 74.5 Å². The molecule has 1 atom stereocenters. The predicted octanol–water partition coefficient (Wildman–Crippen LogP) is 2.79. The van der Waals surface area contributed by atoms with Crippen molar-refractivity contribution < 1.29 is 5.11 Å². The van der Waals surface area contributed by atoms with Gasteiger partial charge >= 0.3 is 0 Å². The van der Waals surface area contributed by atoms with Gasteiger partial charge in [0.15, 0.2) is 0 Å². The number of aliphatic hydroxyl groups excluding tert-OH is 1.